The Hall–Kier alpha value is -2.07. The van der Waals surface area contributed by atoms with E-state index in [9.17, 15) is 17.6 Å². The molecule has 2 unspecified atom stereocenters. The van der Waals surface area contributed by atoms with Gasteiger partial charge in [0.25, 0.3) is 0 Å². The van der Waals surface area contributed by atoms with Crippen molar-refractivity contribution in [3.05, 3.63) is 53.2 Å². The number of halogens is 1. The van der Waals surface area contributed by atoms with Gasteiger partial charge in [0.05, 0.1) is 18.0 Å². The molecule has 1 N–H and O–H groups in total. The Balaban J connectivity index is 1.49. The lowest BCUT2D eigenvalue weighted by Gasteiger charge is -2.34. The molecule has 2 aromatic rings. The van der Waals surface area contributed by atoms with Gasteiger partial charge in [-0.25, -0.2) is 12.8 Å². The van der Waals surface area contributed by atoms with E-state index >= 15 is 0 Å². The number of hydrogen-bond acceptors (Lipinski definition) is 5. The van der Waals surface area contributed by atoms with E-state index in [2.05, 4.69) is 5.32 Å². The zero-order valence-electron chi connectivity index (χ0n) is 16.9. The molecule has 9 heteroatoms. The molecule has 0 aliphatic carbocycles. The lowest BCUT2D eigenvalue weighted by atomic mass is 10.2. The van der Waals surface area contributed by atoms with Gasteiger partial charge in [0.15, 0.2) is 0 Å². The zero-order valence-corrected chi connectivity index (χ0v) is 18.5. The number of sulfonamides is 1. The van der Waals surface area contributed by atoms with Gasteiger partial charge in [0.2, 0.25) is 15.9 Å². The highest BCUT2D eigenvalue weighted by Crippen LogP contribution is 2.28. The summed E-state index contributed by atoms with van der Waals surface area (Å²) in [6.45, 7) is 4.38. The number of rotatable bonds is 7. The molecule has 1 amide bonds. The molecule has 1 aromatic heterocycles. The third-order valence-electron chi connectivity index (χ3n) is 4.59. The third-order valence-corrected chi connectivity index (χ3v) is 7.50. The van der Waals surface area contributed by atoms with E-state index in [-0.39, 0.29) is 36.2 Å². The lowest BCUT2D eigenvalue weighted by Crippen LogP contribution is -2.49. The maximum atomic E-state index is 13.0. The molecule has 2 heterocycles. The second-order valence-electron chi connectivity index (χ2n) is 7.22. The quantitative estimate of drug-likeness (QED) is 0.655. The van der Waals surface area contributed by atoms with Crippen LogP contribution in [0.25, 0.3) is 16.5 Å². The van der Waals surface area contributed by atoms with Crippen LogP contribution in [0.5, 0.6) is 0 Å². The molecule has 2 atom stereocenters. The fraction of sp³-hybridized carbons (Fsp3) is 0.381. The van der Waals surface area contributed by atoms with E-state index in [0.717, 1.165) is 15.3 Å². The number of nitrogens with zero attached hydrogens (tertiary/aromatic N) is 1. The van der Waals surface area contributed by atoms with Gasteiger partial charge in [0.1, 0.15) is 5.82 Å². The van der Waals surface area contributed by atoms with Gasteiger partial charge >= 0.3 is 0 Å². The first-order chi connectivity index (χ1) is 14.2. The van der Waals surface area contributed by atoms with Gasteiger partial charge in [-0.3, -0.25) is 4.79 Å². The normalized spacial score (nSPS) is 20.5. The van der Waals surface area contributed by atoms with Crippen LogP contribution in [0.2, 0.25) is 0 Å². The standard InChI is InChI=1S/C21H25FN2O4S2/c1-15-13-24(14-16(2)28-15)30(26,27)12-11-23-21(25)10-8-19-7-9-20(29-19)17-3-5-18(22)6-4-17/h3-10,15-16H,11-14H2,1-2H3,(H,23,25)/b10-8+. The Kier molecular flexibility index (Phi) is 7.41. The van der Waals surface area contributed by atoms with Gasteiger partial charge in [-0.2, -0.15) is 4.31 Å². The summed E-state index contributed by atoms with van der Waals surface area (Å²) >= 11 is 1.48. The fourth-order valence-electron chi connectivity index (χ4n) is 3.22. The molecule has 0 radical (unpaired) electrons. The highest BCUT2D eigenvalue weighted by molar-refractivity contribution is 7.89. The van der Waals surface area contributed by atoms with Crippen molar-refractivity contribution in [2.45, 2.75) is 26.1 Å². The molecule has 162 valence electrons. The van der Waals surface area contributed by atoms with Crippen molar-refractivity contribution < 1.29 is 22.3 Å². The first-order valence-electron chi connectivity index (χ1n) is 9.68. The first kappa shape index (κ1) is 22.6. The van der Waals surface area contributed by atoms with Crippen LogP contribution in [0.15, 0.2) is 42.5 Å². The van der Waals surface area contributed by atoms with Crippen LogP contribution < -0.4 is 5.32 Å². The van der Waals surface area contributed by atoms with E-state index in [1.54, 1.807) is 18.2 Å². The van der Waals surface area contributed by atoms with Crippen molar-refractivity contribution in [3.63, 3.8) is 0 Å². The number of thiophene rings is 1. The summed E-state index contributed by atoms with van der Waals surface area (Å²) in [7, 11) is -3.45. The predicted octanol–water partition coefficient (Wildman–Crippen LogP) is 3.12. The van der Waals surface area contributed by atoms with Gasteiger partial charge in [-0.1, -0.05) is 12.1 Å². The molecule has 3 rings (SSSR count). The molecule has 30 heavy (non-hydrogen) atoms. The number of hydrogen-bond donors (Lipinski definition) is 1. The van der Waals surface area contributed by atoms with Gasteiger partial charge < -0.3 is 10.1 Å². The molecule has 1 saturated heterocycles. The summed E-state index contributed by atoms with van der Waals surface area (Å²) in [6.07, 6.45) is 2.76. The second-order valence-corrected chi connectivity index (χ2v) is 10.4. The maximum Gasteiger partial charge on any atom is 0.244 e. The fourth-order valence-corrected chi connectivity index (χ4v) is 5.63. The molecule has 1 fully saturated rings. The number of carbonyl (C=O) groups is 1. The van der Waals surface area contributed by atoms with Crippen LogP contribution in [0.3, 0.4) is 0 Å². The lowest BCUT2D eigenvalue weighted by molar-refractivity contribution is -0.116. The smallest absolute Gasteiger partial charge is 0.244 e. The Morgan fingerprint density at radius 3 is 2.53 bits per heavy atom. The highest BCUT2D eigenvalue weighted by Gasteiger charge is 2.30. The van der Waals surface area contributed by atoms with Crippen molar-refractivity contribution in [2.24, 2.45) is 0 Å². The van der Waals surface area contributed by atoms with Crippen molar-refractivity contribution in [3.8, 4) is 10.4 Å². The summed E-state index contributed by atoms with van der Waals surface area (Å²) < 4.78 is 45.0. The Bertz CT molecular complexity index is 992. The number of benzene rings is 1. The zero-order chi connectivity index (χ0) is 21.7. The number of morpholine rings is 1. The molecule has 1 aromatic carbocycles. The van der Waals surface area contributed by atoms with Crippen molar-refractivity contribution in [1.29, 1.82) is 0 Å². The largest absolute Gasteiger partial charge is 0.373 e. The minimum atomic E-state index is -3.45. The molecule has 0 bridgehead atoms. The summed E-state index contributed by atoms with van der Waals surface area (Å²) in [6, 6.07) is 10.0. The number of carbonyl (C=O) groups excluding carboxylic acids is 1. The molecule has 0 saturated carbocycles. The topological polar surface area (TPSA) is 75.7 Å². The minimum absolute atomic E-state index is 0.0386. The SMILES string of the molecule is CC1CN(S(=O)(=O)CCNC(=O)/C=C/c2ccc(-c3ccc(F)cc3)s2)CC(C)O1. The van der Waals surface area contributed by atoms with Crippen molar-refractivity contribution in [1.82, 2.24) is 9.62 Å². The minimum Gasteiger partial charge on any atom is -0.373 e. The summed E-state index contributed by atoms with van der Waals surface area (Å²) in [5, 5.41) is 2.62. The molecule has 1 aliphatic rings. The highest BCUT2D eigenvalue weighted by atomic mass is 32.2. The molecular formula is C21H25FN2O4S2. The molecule has 0 spiro atoms. The van der Waals surface area contributed by atoms with Crippen LogP contribution >= 0.6 is 11.3 Å². The number of nitrogens with one attached hydrogen (secondary N) is 1. The monoisotopic (exact) mass is 452 g/mol. The second kappa shape index (κ2) is 9.82. The number of ether oxygens (including phenoxy) is 1. The summed E-state index contributed by atoms with van der Waals surface area (Å²) in [5.74, 6) is -0.794. The maximum absolute atomic E-state index is 13.0. The molecule has 1 aliphatic heterocycles. The van der Waals surface area contributed by atoms with Crippen molar-refractivity contribution >= 4 is 33.3 Å². The summed E-state index contributed by atoms with van der Waals surface area (Å²) in [4.78, 5) is 13.9. The van der Waals surface area contributed by atoms with Crippen LogP contribution in [-0.4, -0.2) is 56.2 Å². The van der Waals surface area contributed by atoms with E-state index in [1.165, 1.54) is 33.9 Å². The molecule has 6 nitrogen and oxygen atoms in total. The Labute approximate surface area is 180 Å². The molecular weight excluding hydrogens is 427 g/mol. The Morgan fingerprint density at radius 2 is 1.87 bits per heavy atom. The average molecular weight is 453 g/mol. The van der Waals surface area contributed by atoms with Crippen molar-refractivity contribution in [2.75, 3.05) is 25.4 Å². The van der Waals surface area contributed by atoms with E-state index in [0.29, 0.717) is 13.1 Å². The van der Waals surface area contributed by atoms with Crippen LogP contribution in [-0.2, 0) is 19.6 Å². The first-order valence-corrected chi connectivity index (χ1v) is 12.1. The average Bonchev–Trinajstić information content (AvgIpc) is 3.15. The van der Waals surface area contributed by atoms with Crippen LogP contribution in [0.1, 0.15) is 18.7 Å². The van der Waals surface area contributed by atoms with Gasteiger partial charge in [-0.05, 0) is 49.8 Å². The Morgan fingerprint density at radius 1 is 1.20 bits per heavy atom. The third kappa shape index (κ3) is 6.21. The van der Waals surface area contributed by atoms with E-state index in [4.69, 9.17) is 4.74 Å². The van der Waals surface area contributed by atoms with Crippen LogP contribution in [0, 0.1) is 5.82 Å². The van der Waals surface area contributed by atoms with E-state index < -0.39 is 10.0 Å². The number of amides is 1. The van der Waals surface area contributed by atoms with Crippen LogP contribution in [0.4, 0.5) is 4.39 Å². The van der Waals surface area contributed by atoms with Gasteiger partial charge in [0, 0.05) is 35.5 Å². The summed E-state index contributed by atoms with van der Waals surface area (Å²) in [5.41, 5.74) is 0.905. The predicted molar refractivity (Wildman–Crippen MR) is 117 cm³/mol. The van der Waals surface area contributed by atoms with E-state index in [1.807, 2.05) is 26.0 Å². The van der Waals surface area contributed by atoms with Gasteiger partial charge in [-0.15, -0.1) is 11.3 Å².